The summed E-state index contributed by atoms with van der Waals surface area (Å²) in [5.74, 6) is -0.233. The monoisotopic (exact) mass is 566 g/mol. The number of hydrogen-bond acceptors (Lipinski definition) is 5. The largest absolute Gasteiger partial charge is 0.330 e. The van der Waals surface area contributed by atoms with Crippen LogP contribution in [0.4, 0.5) is 5.69 Å². The first-order valence-corrected chi connectivity index (χ1v) is 14.5. The molecule has 9 heteroatoms. The van der Waals surface area contributed by atoms with E-state index in [0.29, 0.717) is 33.3 Å². The number of carbonyl (C=O) groups excluding carboxylic acids is 1. The number of amides is 1. The van der Waals surface area contributed by atoms with E-state index in [4.69, 9.17) is 16.7 Å². The molecule has 1 aliphatic carbocycles. The van der Waals surface area contributed by atoms with E-state index >= 15 is 0 Å². The maximum Gasteiger partial charge on any atom is 0.256 e. The number of nitrogens with one attached hydrogen (secondary N) is 1. The standard InChI is InChI=1S/C27H25ClN4O2S2.C2H6/c1-32(26(19-9-4-2-5-10-19)20-11-6-3-7-12-20)27(33)24-16-15-21(28)17-25(24)31-36(34)23-14-8-13-22(18-23)30-35-29;1-2/h2-17,26,31H,18,29H2,1H3;1-2H3/b30-22-;. The van der Waals surface area contributed by atoms with Crippen molar-refractivity contribution in [2.75, 3.05) is 11.8 Å². The lowest BCUT2D eigenvalue weighted by Gasteiger charge is -2.30. The number of anilines is 1. The molecule has 0 saturated carbocycles. The Balaban J connectivity index is 0.00000195. The topological polar surface area (TPSA) is 87.8 Å². The van der Waals surface area contributed by atoms with Crippen molar-refractivity contribution in [2.45, 2.75) is 26.3 Å². The highest BCUT2D eigenvalue weighted by Crippen LogP contribution is 2.31. The molecule has 3 aromatic carbocycles. The maximum atomic E-state index is 13.8. The summed E-state index contributed by atoms with van der Waals surface area (Å²) in [6.07, 6.45) is 5.74. The van der Waals surface area contributed by atoms with Gasteiger partial charge >= 0.3 is 0 Å². The molecule has 1 atom stereocenters. The van der Waals surface area contributed by atoms with Crippen LogP contribution in [0, 0.1) is 0 Å². The summed E-state index contributed by atoms with van der Waals surface area (Å²) in [4.78, 5) is 16.1. The van der Waals surface area contributed by atoms with Crippen LogP contribution in [-0.4, -0.2) is 27.8 Å². The van der Waals surface area contributed by atoms with Crippen molar-refractivity contribution in [1.82, 2.24) is 4.90 Å². The normalized spacial score (nSPS) is 14.4. The van der Waals surface area contributed by atoms with Crippen LogP contribution in [0.5, 0.6) is 0 Å². The molecule has 38 heavy (non-hydrogen) atoms. The lowest BCUT2D eigenvalue weighted by atomic mass is 9.96. The van der Waals surface area contributed by atoms with Gasteiger partial charge in [0.15, 0.2) is 0 Å². The molecule has 0 saturated heterocycles. The third-order valence-corrected chi connectivity index (χ3v) is 7.42. The van der Waals surface area contributed by atoms with Gasteiger partial charge in [-0.15, -0.1) is 0 Å². The van der Waals surface area contributed by atoms with Crippen molar-refractivity contribution in [2.24, 2.45) is 9.54 Å². The van der Waals surface area contributed by atoms with Gasteiger partial charge in [0.2, 0.25) is 0 Å². The lowest BCUT2D eigenvalue weighted by Crippen LogP contribution is -2.32. The van der Waals surface area contributed by atoms with Gasteiger partial charge in [0.25, 0.3) is 5.91 Å². The zero-order chi connectivity index (χ0) is 27.5. The average Bonchev–Trinajstić information content (AvgIpc) is 2.95. The predicted octanol–water partition coefficient (Wildman–Crippen LogP) is 7.11. The van der Waals surface area contributed by atoms with E-state index in [2.05, 4.69) is 9.12 Å². The molecule has 0 bridgehead atoms. The Hall–Kier alpha value is -3.17. The van der Waals surface area contributed by atoms with Crippen molar-refractivity contribution in [1.29, 1.82) is 0 Å². The van der Waals surface area contributed by atoms with Gasteiger partial charge in [0.1, 0.15) is 11.0 Å². The highest BCUT2D eigenvalue weighted by Gasteiger charge is 2.26. The molecule has 0 fully saturated rings. The molecule has 0 heterocycles. The highest BCUT2D eigenvalue weighted by molar-refractivity contribution is 7.95. The Labute approximate surface area is 236 Å². The van der Waals surface area contributed by atoms with E-state index in [1.54, 1.807) is 42.3 Å². The number of nitrogens with zero attached hydrogens (tertiary/aromatic N) is 2. The van der Waals surface area contributed by atoms with Crippen LogP contribution in [0.2, 0.25) is 5.02 Å². The van der Waals surface area contributed by atoms with E-state index in [0.717, 1.165) is 23.3 Å². The highest BCUT2D eigenvalue weighted by atomic mass is 35.5. The Morgan fingerprint density at radius 1 is 1.05 bits per heavy atom. The summed E-state index contributed by atoms with van der Waals surface area (Å²) in [6, 6.07) is 24.3. The quantitative estimate of drug-likeness (QED) is 0.284. The van der Waals surface area contributed by atoms with Gasteiger partial charge in [-0.25, -0.2) is 8.61 Å². The van der Waals surface area contributed by atoms with Gasteiger partial charge in [-0.1, -0.05) is 92.2 Å². The van der Waals surface area contributed by atoms with Gasteiger partial charge in [0, 0.05) is 23.4 Å². The zero-order valence-electron chi connectivity index (χ0n) is 21.5. The summed E-state index contributed by atoms with van der Waals surface area (Å²) in [7, 11) is 0.155. The third kappa shape index (κ3) is 7.45. The number of halogens is 1. The van der Waals surface area contributed by atoms with Gasteiger partial charge in [-0.2, -0.15) is 0 Å². The first-order valence-electron chi connectivity index (χ1n) is 12.1. The van der Waals surface area contributed by atoms with Crippen LogP contribution in [0.25, 0.3) is 0 Å². The summed E-state index contributed by atoms with van der Waals surface area (Å²) < 4.78 is 20.3. The van der Waals surface area contributed by atoms with Crippen molar-refractivity contribution >= 4 is 52.0 Å². The molecule has 1 aliphatic rings. The number of allylic oxidation sites excluding steroid dienone is 4. The maximum absolute atomic E-state index is 13.8. The minimum Gasteiger partial charge on any atom is -0.330 e. The SMILES string of the molecule is CC.CN(C(=O)c1ccc(Cl)cc1NS(=O)C1=CC=C/C(=N/SN)C1)C(c1ccccc1)c1ccccc1. The molecule has 0 spiro atoms. The predicted molar refractivity (Wildman–Crippen MR) is 162 cm³/mol. The first-order chi connectivity index (χ1) is 18.5. The molecular weight excluding hydrogens is 536 g/mol. The van der Waals surface area contributed by atoms with Crippen LogP contribution < -0.4 is 9.86 Å². The Morgan fingerprint density at radius 3 is 2.24 bits per heavy atom. The third-order valence-electron chi connectivity index (χ3n) is 5.69. The second-order valence-electron chi connectivity index (χ2n) is 8.06. The van der Waals surface area contributed by atoms with Crippen LogP contribution >= 0.6 is 23.7 Å². The van der Waals surface area contributed by atoms with E-state index in [-0.39, 0.29) is 11.9 Å². The Bertz CT molecular complexity index is 1310. The summed E-state index contributed by atoms with van der Waals surface area (Å²) >= 11 is 7.12. The molecule has 0 aliphatic heterocycles. The van der Waals surface area contributed by atoms with Crippen LogP contribution in [0.1, 0.15) is 47.8 Å². The minimum absolute atomic E-state index is 0.233. The molecule has 198 valence electrons. The minimum atomic E-state index is -1.61. The summed E-state index contributed by atoms with van der Waals surface area (Å²) in [6.45, 7) is 4.00. The molecule has 1 amide bonds. The van der Waals surface area contributed by atoms with Crippen molar-refractivity contribution in [3.05, 3.63) is 124 Å². The Morgan fingerprint density at radius 2 is 1.66 bits per heavy atom. The van der Waals surface area contributed by atoms with E-state index in [1.165, 1.54) is 0 Å². The van der Waals surface area contributed by atoms with E-state index in [9.17, 15) is 9.00 Å². The number of hydrogen-bond donors (Lipinski definition) is 2. The van der Waals surface area contributed by atoms with E-state index in [1.807, 2.05) is 80.6 Å². The first kappa shape index (κ1) is 29.4. The van der Waals surface area contributed by atoms with Gasteiger partial charge < -0.3 is 9.62 Å². The molecule has 0 radical (unpaired) electrons. The van der Waals surface area contributed by atoms with Crippen LogP contribution in [0.15, 0.2) is 106 Å². The Kier molecular flexibility index (Phi) is 11.4. The van der Waals surface area contributed by atoms with Crippen molar-refractivity contribution in [3.63, 3.8) is 0 Å². The molecule has 3 aromatic rings. The number of nitrogens with two attached hydrogens (primary N) is 1. The molecule has 4 rings (SSSR count). The molecule has 1 unspecified atom stereocenters. The fourth-order valence-electron chi connectivity index (χ4n) is 3.99. The number of benzene rings is 3. The molecule has 6 nitrogen and oxygen atoms in total. The fraction of sp³-hybridized carbons (Fsp3) is 0.172. The van der Waals surface area contributed by atoms with Crippen molar-refractivity contribution < 1.29 is 9.00 Å². The molecular formula is C29H31ClN4O2S2. The van der Waals surface area contributed by atoms with Gasteiger partial charge in [0.05, 0.1) is 35.1 Å². The number of rotatable bonds is 8. The zero-order valence-corrected chi connectivity index (χ0v) is 23.9. The fourth-order valence-corrected chi connectivity index (χ4v) is 5.40. The molecule has 3 N–H and O–H groups in total. The van der Waals surface area contributed by atoms with E-state index < -0.39 is 11.0 Å². The second-order valence-corrected chi connectivity index (χ2v) is 10.2. The van der Waals surface area contributed by atoms with Gasteiger partial charge in [-0.05, 0) is 41.5 Å². The smallest absolute Gasteiger partial charge is 0.256 e. The second kappa shape index (κ2) is 14.7. The van der Waals surface area contributed by atoms with Crippen LogP contribution in [-0.2, 0) is 11.0 Å². The molecule has 0 aromatic heterocycles. The average molecular weight is 567 g/mol. The van der Waals surface area contributed by atoms with Crippen molar-refractivity contribution in [3.8, 4) is 0 Å². The number of carbonyl (C=O) groups is 1. The lowest BCUT2D eigenvalue weighted by molar-refractivity contribution is 0.0756. The van der Waals surface area contributed by atoms with Gasteiger partial charge in [-0.3, -0.25) is 9.93 Å². The summed E-state index contributed by atoms with van der Waals surface area (Å²) in [5, 5.41) is 5.87. The summed E-state index contributed by atoms with van der Waals surface area (Å²) in [5.41, 5.74) is 3.43. The van der Waals surface area contributed by atoms with Crippen LogP contribution in [0.3, 0.4) is 0 Å².